The summed E-state index contributed by atoms with van der Waals surface area (Å²) in [4.78, 5) is 22.7. The normalized spacial score (nSPS) is 38.8. The van der Waals surface area contributed by atoms with Crippen molar-refractivity contribution in [1.29, 1.82) is 0 Å². The van der Waals surface area contributed by atoms with Crippen molar-refractivity contribution in [2.45, 2.75) is 65.6 Å². The number of ether oxygens (including phenoxy) is 2. The number of aliphatic hydroxyl groups excluding tert-OH is 1. The molecular formula is C19H30O5. The number of hydrogen-bond donors (Lipinski definition) is 1. The number of esters is 2. The molecule has 0 amide bonds. The van der Waals surface area contributed by atoms with E-state index >= 15 is 0 Å². The van der Waals surface area contributed by atoms with Crippen molar-refractivity contribution < 1.29 is 24.2 Å². The van der Waals surface area contributed by atoms with Crippen molar-refractivity contribution >= 4 is 11.9 Å². The molecule has 5 nitrogen and oxygen atoms in total. The molecule has 2 aliphatic carbocycles. The first-order chi connectivity index (χ1) is 11.2. The van der Waals surface area contributed by atoms with E-state index in [2.05, 4.69) is 20.4 Å². The Hall–Kier alpha value is -1.36. The fourth-order valence-corrected chi connectivity index (χ4v) is 4.83. The van der Waals surface area contributed by atoms with E-state index in [-0.39, 0.29) is 29.2 Å². The van der Waals surface area contributed by atoms with Gasteiger partial charge in [0.05, 0.1) is 12.7 Å². The molecule has 2 rings (SSSR count). The quantitative estimate of drug-likeness (QED) is 0.630. The van der Waals surface area contributed by atoms with Crippen LogP contribution in [0.25, 0.3) is 0 Å². The molecule has 2 aliphatic rings. The molecular weight excluding hydrogens is 308 g/mol. The lowest BCUT2D eigenvalue weighted by atomic mass is 9.57. The van der Waals surface area contributed by atoms with Gasteiger partial charge in [-0.25, -0.2) is 0 Å². The van der Waals surface area contributed by atoms with Crippen LogP contribution in [-0.4, -0.2) is 35.9 Å². The fourth-order valence-electron chi connectivity index (χ4n) is 4.83. The van der Waals surface area contributed by atoms with Gasteiger partial charge < -0.3 is 14.6 Å². The predicted molar refractivity (Wildman–Crippen MR) is 90.1 cm³/mol. The minimum absolute atomic E-state index is 0.00931. The zero-order chi connectivity index (χ0) is 18.1. The number of carbonyl (C=O) groups is 2. The summed E-state index contributed by atoms with van der Waals surface area (Å²) in [7, 11) is 0. The largest absolute Gasteiger partial charge is 0.466 e. The Morgan fingerprint density at radius 2 is 1.92 bits per heavy atom. The molecule has 1 spiro atoms. The van der Waals surface area contributed by atoms with Crippen molar-refractivity contribution in [3.63, 3.8) is 0 Å². The van der Waals surface area contributed by atoms with Crippen molar-refractivity contribution in [2.75, 3.05) is 6.61 Å². The fraction of sp³-hybridized carbons (Fsp3) is 0.789. The van der Waals surface area contributed by atoms with Crippen molar-refractivity contribution in [3.8, 4) is 0 Å². The van der Waals surface area contributed by atoms with Gasteiger partial charge in [0.1, 0.15) is 6.10 Å². The Bertz CT molecular complexity index is 510. The van der Waals surface area contributed by atoms with Crippen molar-refractivity contribution in [1.82, 2.24) is 0 Å². The minimum Gasteiger partial charge on any atom is -0.466 e. The van der Waals surface area contributed by atoms with E-state index in [1.165, 1.54) is 19.4 Å². The van der Waals surface area contributed by atoms with Crippen LogP contribution in [0, 0.1) is 23.2 Å². The van der Waals surface area contributed by atoms with Crippen LogP contribution in [0.2, 0.25) is 0 Å². The van der Waals surface area contributed by atoms with Gasteiger partial charge in [0.25, 0.3) is 0 Å². The molecule has 6 atom stereocenters. The molecule has 0 bridgehead atoms. The molecule has 0 aromatic carbocycles. The smallest absolute Gasteiger partial charge is 0.303 e. The van der Waals surface area contributed by atoms with E-state index in [1.807, 2.05) is 0 Å². The van der Waals surface area contributed by atoms with Crippen molar-refractivity contribution in [2.24, 2.45) is 23.2 Å². The molecule has 2 fully saturated rings. The zero-order valence-electron chi connectivity index (χ0n) is 15.2. The van der Waals surface area contributed by atoms with Gasteiger partial charge in [-0.3, -0.25) is 9.59 Å². The molecule has 1 N–H and O–H groups in total. The summed E-state index contributed by atoms with van der Waals surface area (Å²) in [5.41, 5.74) is 1.07. The van der Waals surface area contributed by atoms with Gasteiger partial charge >= 0.3 is 11.9 Å². The maximum absolute atomic E-state index is 11.5. The third kappa shape index (κ3) is 3.66. The summed E-state index contributed by atoms with van der Waals surface area (Å²) < 4.78 is 10.7. The molecule has 0 aromatic heterocycles. The van der Waals surface area contributed by atoms with E-state index in [0.29, 0.717) is 18.9 Å². The van der Waals surface area contributed by atoms with Crippen LogP contribution in [0.4, 0.5) is 0 Å². The van der Waals surface area contributed by atoms with Gasteiger partial charge in [-0.2, -0.15) is 0 Å². The third-order valence-corrected chi connectivity index (χ3v) is 6.19. The standard InChI is InChI=1S/C19H30O5/c1-11(2)15-6-7-19(9-15)12(3)18(24-14(5)21)17(22)8-16(19)10-23-13(4)20/h12,15-18,22H,1,6-10H2,2-5H3/t12-,15-,16-,17-,18-,19-/m1/s1. The lowest BCUT2D eigenvalue weighted by Crippen LogP contribution is -2.54. The second-order valence-electron chi connectivity index (χ2n) is 7.68. The molecule has 5 heteroatoms. The maximum atomic E-state index is 11.5. The first-order valence-electron chi connectivity index (χ1n) is 8.81. The summed E-state index contributed by atoms with van der Waals surface area (Å²) in [5, 5.41) is 10.5. The van der Waals surface area contributed by atoms with Gasteiger partial charge in [0, 0.05) is 25.7 Å². The molecule has 0 radical (unpaired) electrons. The van der Waals surface area contributed by atoms with Crippen LogP contribution in [0.15, 0.2) is 12.2 Å². The minimum atomic E-state index is -0.723. The Morgan fingerprint density at radius 3 is 2.42 bits per heavy atom. The van der Waals surface area contributed by atoms with Crippen molar-refractivity contribution in [3.05, 3.63) is 12.2 Å². The SMILES string of the molecule is C=C(C)[C@@H]1CC[C@]2(C1)[C@@H](COC(C)=O)C[C@@H](O)[C@H](OC(C)=O)[C@H]2C. The number of allylic oxidation sites excluding steroid dienone is 1. The van der Waals surface area contributed by atoms with E-state index in [1.54, 1.807) is 0 Å². The summed E-state index contributed by atoms with van der Waals surface area (Å²) in [5.74, 6) is -0.157. The van der Waals surface area contributed by atoms with Gasteiger partial charge in [-0.1, -0.05) is 19.1 Å². The molecule has 0 unspecified atom stereocenters. The first-order valence-corrected chi connectivity index (χ1v) is 8.81. The molecule has 24 heavy (non-hydrogen) atoms. The van der Waals surface area contributed by atoms with Crippen LogP contribution in [0.3, 0.4) is 0 Å². The van der Waals surface area contributed by atoms with E-state index in [9.17, 15) is 14.7 Å². The Morgan fingerprint density at radius 1 is 1.25 bits per heavy atom. The molecule has 0 saturated heterocycles. The molecule has 136 valence electrons. The zero-order valence-corrected chi connectivity index (χ0v) is 15.2. The number of carbonyl (C=O) groups excluding carboxylic acids is 2. The predicted octanol–water partition coefficient (Wildman–Crippen LogP) is 2.86. The summed E-state index contributed by atoms with van der Waals surface area (Å²) in [6.45, 7) is 11.3. The number of hydrogen-bond acceptors (Lipinski definition) is 5. The average molecular weight is 338 g/mol. The molecule has 0 heterocycles. The Labute approximate surface area is 144 Å². The highest BCUT2D eigenvalue weighted by atomic mass is 16.6. The Kier molecular flexibility index (Phi) is 5.74. The molecule has 0 aliphatic heterocycles. The van der Waals surface area contributed by atoms with E-state index in [0.717, 1.165) is 19.3 Å². The average Bonchev–Trinajstić information content (AvgIpc) is 2.92. The third-order valence-electron chi connectivity index (χ3n) is 6.19. The van der Waals surface area contributed by atoms with Crippen LogP contribution in [-0.2, 0) is 19.1 Å². The number of aliphatic hydroxyl groups is 1. The van der Waals surface area contributed by atoms with Crippen LogP contribution < -0.4 is 0 Å². The first kappa shape index (κ1) is 19.0. The Balaban J connectivity index is 2.28. The van der Waals surface area contributed by atoms with Crippen LogP contribution in [0.1, 0.15) is 53.4 Å². The van der Waals surface area contributed by atoms with Gasteiger partial charge in [0.15, 0.2) is 0 Å². The molecule has 0 aromatic rings. The van der Waals surface area contributed by atoms with Gasteiger partial charge in [-0.05, 0) is 43.9 Å². The highest BCUT2D eigenvalue weighted by Gasteiger charge is 2.56. The summed E-state index contributed by atoms with van der Waals surface area (Å²) >= 11 is 0. The van der Waals surface area contributed by atoms with Crippen LogP contribution in [0.5, 0.6) is 0 Å². The highest BCUT2D eigenvalue weighted by molar-refractivity contribution is 5.66. The summed E-state index contributed by atoms with van der Waals surface area (Å²) in [6, 6.07) is 0. The number of rotatable bonds is 4. The lowest BCUT2D eigenvalue weighted by Gasteiger charge is -2.51. The van der Waals surface area contributed by atoms with Crippen LogP contribution >= 0.6 is 0 Å². The van der Waals surface area contributed by atoms with Gasteiger partial charge in [0.2, 0.25) is 0 Å². The molecule has 2 saturated carbocycles. The second-order valence-corrected chi connectivity index (χ2v) is 7.68. The van der Waals surface area contributed by atoms with E-state index < -0.39 is 12.2 Å². The highest BCUT2D eigenvalue weighted by Crippen LogP contribution is 2.58. The van der Waals surface area contributed by atoms with E-state index in [4.69, 9.17) is 9.47 Å². The maximum Gasteiger partial charge on any atom is 0.303 e. The summed E-state index contributed by atoms with van der Waals surface area (Å²) in [6.07, 6.45) is 2.22. The monoisotopic (exact) mass is 338 g/mol. The second kappa shape index (κ2) is 7.26. The lowest BCUT2D eigenvalue weighted by molar-refractivity contribution is -0.182. The topological polar surface area (TPSA) is 72.8 Å². The van der Waals surface area contributed by atoms with Gasteiger partial charge in [-0.15, -0.1) is 0 Å².